The molecule has 0 heterocycles. The number of esters is 1. The summed E-state index contributed by atoms with van der Waals surface area (Å²) in [6.45, 7) is 2.55. The summed E-state index contributed by atoms with van der Waals surface area (Å²) in [5.74, 6) is -0.203. The zero-order chi connectivity index (χ0) is 12.7. The lowest BCUT2D eigenvalue weighted by Crippen LogP contribution is -2.02. The third-order valence-electron chi connectivity index (χ3n) is 1.91. The van der Waals surface area contributed by atoms with Crippen molar-refractivity contribution in [2.24, 2.45) is 0 Å². The smallest absolute Gasteiger partial charge is 0.330 e. The second kappa shape index (κ2) is 6.96. The van der Waals surface area contributed by atoms with Gasteiger partial charge < -0.3 is 15.2 Å². The van der Waals surface area contributed by atoms with E-state index in [-0.39, 0.29) is 11.7 Å². The summed E-state index contributed by atoms with van der Waals surface area (Å²) in [5.41, 5.74) is 0.605. The molecule has 0 saturated carbocycles. The van der Waals surface area contributed by atoms with Gasteiger partial charge in [-0.2, -0.15) is 0 Å². The number of aromatic hydroxyl groups is 1. The molecule has 92 valence electrons. The molecule has 1 rings (SSSR count). The first-order valence-corrected chi connectivity index (χ1v) is 5.98. The van der Waals surface area contributed by atoms with Gasteiger partial charge in [-0.3, -0.25) is 0 Å². The first-order chi connectivity index (χ1) is 8.13. The van der Waals surface area contributed by atoms with Crippen molar-refractivity contribution in [3.8, 4) is 5.75 Å². The molecule has 0 amide bonds. The molecule has 5 heteroatoms. The zero-order valence-electron chi connectivity index (χ0n) is 9.44. The molecule has 1 aromatic rings. The zero-order valence-corrected chi connectivity index (χ0v) is 11.0. The van der Waals surface area contributed by atoms with Crippen LogP contribution in [0.25, 0.3) is 0 Å². The number of nitrogens with one attached hydrogen (secondary N) is 1. The fourth-order valence-electron chi connectivity index (χ4n) is 1.16. The van der Waals surface area contributed by atoms with Crippen LogP contribution < -0.4 is 5.32 Å². The van der Waals surface area contributed by atoms with Crippen molar-refractivity contribution in [1.82, 2.24) is 0 Å². The molecular formula is C12H14BrNO3. The molecule has 1 aromatic carbocycles. The van der Waals surface area contributed by atoms with Crippen molar-refractivity contribution in [2.45, 2.75) is 6.92 Å². The van der Waals surface area contributed by atoms with E-state index in [2.05, 4.69) is 21.2 Å². The second-order valence-corrected chi connectivity index (χ2v) is 4.11. The normalized spacial score (nSPS) is 10.5. The number of phenols is 1. The second-order valence-electron chi connectivity index (χ2n) is 3.20. The molecule has 0 spiro atoms. The van der Waals surface area contributed by atoms with E-state index in [0.29, 0.717) is 18.8 Å². The molecule has 0 bridgehead atoms. The molecule has 0 aliphatic heterocycles. The molecule has 0 radical (unpaired) electrons. The largest absolute Gasteiger partial charge is 0.506 e. The van der Waals surface area contributed by atoms with Gasteiger partial charge >= 0.3 is 5.97 Å². The molecule has 0 saturated heterocycles. The average Bonchev–Trinajstić information content (AvgIpc) is 2.29. The number of hydrogen-bond donors (Lipinski definition) is 2. The number of phenolic OH excluding ortho intramolecular Hbond substituents is 1. The summed E-state index contributed by atoms with van der Waals surface area (Å²) in [6.07, 6.45) is 2.99. The SMILES string of the molecule is CCOC(=O)/C=C/CNc1cc(Br)ccc1O. The molecule has 0 fully saturated rings. The summed E-state index contributed by atoms with van der Waals surface area (Å²) < 4.78 is 5.59. The fraction of sp³-hybridized carbons (Fsp3) is 0.250. The Kier molecular flexibility index (Phi) is 5.56. The Balaban J connectivity index is 2.45. The van der Waals surface area contributed by atoms with Crippen LogP contribution in [0, 0.1) is 0 Å². The van der Waals surface area contributed by atoms with Gasteiger partial charge in [0, 0.05) is 17.1 Å². The molecule has 0 aromatic heterocycles. The van der Waals surface area contributed by atoms with Gasteiger partial charge in [0.1, 0.15) is 5.75 Å². The predicted octanol–water partition coefficient (Wildman–Crippen LogP) is 2.69. The Labute approximate surface area is 108 Å². The van der Waals surface area contributed by atoms with Crippen LogP contribution in [0.2, 0.25) is 0 Å². The summed E-state index contributed by atoms with van der Waals surface area (Å²) in [4.78, 5) is 11.0. The van der Waals surface area contributed by atoms with Crippen LogP contribution in [-0.4, -0.2) is 24.2 Å². The minimum Gasteiger partial charge on any atom is -0.506 e. The highest BCUT2D eigenvalue weighted by atomic mass is 79.9. The van der Waals surface area contributed by atoms with Gasteiger partial charge in [-0.05, 0) is 25.1 Å². The first-order valence-electron chi connectivity index (χ1n) is 5.19. The maximum atomic E-state index is 11.0. The van der Waals surface area contributed by atoms with Gasteiger partial charge in [0.05, 0.1) is 12.3 Å². The van der Waals surface area contributed by atoms with E-state index >= 15 is 0 Å². The number of halogens is 1. The molecule has 0 aliphatic carbocycles. The van der Waals surface area contributed by atoms with Crippen LogP contribution in [0.15, 0.2) is 34.8 Å². The van der Waals surface area contributed by atoms with Crippen molar-refractivity contribution in [2.75, 3.05) is 18.5 Å². The first kappa shape index (κ1) is 13.6. The number of ether oxygens (including phenoxy) is 1. The number of carbonyl (C=O) groups is 1. The summed E-state index contributed by atoms with van der Waals surface area (Å²) in [5, 5.41) is 12.5. The maximum Gasteiger partial charge on any atom is 0.330 e. The molecular weight excluding hydrogens is 286 g/mol. The Hall–Kier alpha value is -1.49. The topological polar surface area (TPSA) is 58.6 Å². The maximum absolute atomic E-state index is 11.0. The van der Waals surface area contributed by atoms with Crippen LogP contribution in [-0.2, 0) is 9.53 Å². The average molecular weight is 300 g/mol. The summed E-state index contributed by atoms with van der Waals surface area (Å²) >= 11 is 3.31. The lowest BCUT2D eigenvalue weighted by Gasteiger charge is -2.06. The van der Waals surface area contributed by atoms with Gasteiger partial charge in [-0.15, -0.1) is 0 Å². The van der Waals surface area contributed by atoms with E-state index < -0.39 is 0 Å². The van der Waals surface area contributed by atoms with Crippen LogP contribution >= 0.6 is 15.9 Å². The van der Waals surface area contributed by atoms with E-state index in [1.54, 1.807) is 31.2 Å². The van der Waals surface area contributed by atoms with Gasteiger partial charge in [0.2, 0.25) is 0 Å². The summed E-state index contributed by atoms with van der Waals surface area (Å²) in [7, 11) is 0. The highest BCUT2D eigenvalue weighted by Crippen LogP contribution is 2.26. The Morgan fingerprint density at radius 3 is 3.06 bits per heavy atom. The lowest BCUT2D eigenvalue weighted by molar-refractivity contribution is -0.137. The monoisotopic (exact) mass is 299 g/mol. The van der Waals surface area contributed by atoms with Crippen molar-refractivity contribution < 1.29 is 14.6 Å². The molecule has 4 nitrogen and oxygen atoms in total. The Morgan fingerprint density at radius 1 is 1.59 bits per heavy atom. The van der Waals surface area contributed by atoms with Crippen molar-refractivity contribution in [3.05, 3.63) is 34.8 Å². The molecule has 0 atom stereocenters. The minimum absolute atomic E-state index is 0.165. The minimum atomic E-state index is -0.368. The van der Waals surface area contributed by atoms with E-state index in [4.69, 9.17) is 4.74 Å². The molecule has 2 N–H and O–H groups in total. The van der Waals surface area contributed by atoms with Gasteiger partial charge in [-0.25, -0.2) is 4.79 Å². The quantitative estimate of drug-likeness (QED) is 0.499. The third kappa shape index (κ3) is 4.91. The van der Waals surface area contributed by atoms with Crippen molar-refractivity contribution >= 4 is 27.6 Å². The van der Waals surface area contributed by atoms with Crippen LogP contribution in [0.3, 0.4) is 0 Å². The summed E-state index contributed by atoms with van der Waals surface area (Å²) in [6, 6.07) is 5.09. The molecule has 0 aliphatic rings. The fourth-order valence-corrected chi connectivity index (χ4v) is 1.53. The van der Waals surface area contributed by atoms with Gasteiger partial charge in [0.15, 0.2) is 0 Å². The molecule has 0 unspecified atom stereocenters. The van der Waals surface area contributed by atoms with E-state index in [9.17, 15) is 9.90 Å². The van der Waals surface area contributed by atoms with Gasteiger partial charge in [0.25, 0.3) is 0 Å². The standard InChI is InChI=1S/C12H14BrNO3/c1-2-17-12(16)4-3-7-14-10-8-9(13)5-6-11(10)15/h3-6,8,14-15H,2,7H2,1H3/b4-3+. The highest BCUT2D eigenvalue weighted by Gasteiger charge is 1.99. The van der Waals surface area contributed by atoms with E-state index in [0.717, 1.165) is 4.47 Å². The van der Waals surface area contributed by atoms with Crippen molar-refractivity contribution in [3.63, 3.8) is 0 Å². The van der Waals surface area contributed by atoms with Crippen LogP contribution in [0.1, 0.15) is 6.92 Å². The number of carbonyl (C=O) groups excluding carboxylic acids is 1. The Bertz CT molecular complexity index is 418. The number of hydrogen-bond acceptors (Lipinski definition) is 4. The predicted molar refractivity (Wildman–Crippen MR) is 70.1 cm³/mol. The van der Waals surface area contributed by atoms with Gasteiger partial charge in [-0.1, -0.05) is 22.0 Å². The number of benzene rings is 1. The Morgan fingerprint density at radius 2 is 2.35 bits per heavy atom. The lowest BCUT2D eigenvalue weighted by atomic mass is 10.3. The number of rotatable bonds is 5. The van der Waals surface area contributed by atoms with Crippen LogP contribution in [0.5, 0.6) is 5.75 Å². The van der Waals surface area contributed by atoms with E-state index in [1.807, 2.05) is 0 Å². The van der Waals surface area contributed by atoms with E-state index in [1.165, 1.54) is 6.08 Å². The highest BCUT2D eigenvalue weighted by molar-refractivity contribution is 9.10. The van der Waals surface area contributed by atoms with Crippen molar-refractivity contribution in [1.29, 1.82) is 0 Å². The molecule has 17 heavy (non-hydrogen) atoms. The van der Waals surface area contributed by atoms with Crippen LogP contribution in [0.4, 0.5) is 5.69 Å². The third-order valence-corrected chi connectivity index (χ3v) is 2.40. The number of anilines is 1.